The molecule has 0 heterocycles. The van der Waals surface area contributed by atoms with E-state index in [1.54, 1.807) is 0 Å². The summed E-state index contributed by atoms with van der Waals surface area (Å²) in [4.78, 5) is 0. The van der Waals surface area contributed by atoms with E-state index in [1.165, 1.54) is 12.8 Å². The van der Waals surface area contributed by atoms with Crippen molar-refractivity contribution >= 4 is 0 Å². The van der Waals surface area contributed by atoms with E-state index in [2.05, 4.69) is 19.2 Å². The fraction of sp³-hybridized carbons (Fsp3) is 1.00. The lowest BCUT2D eigenvalue weighted by atomic mass is 9.89. The molecule has 0 bridgehead atoms. The summed E-state index contributed by atoms with van der Waals surface area (Å²) >= 11 is 0. The van der Waals surface area contributed by atoms with Crippen LogP contribution >= 0.6 is 0 Å². The molecule has 12 heavy (non-hydrogen) atoms. The summed E-state index contributed by atoms with van der Waals surface area (Å²) in [6.07, 6.45) is 5.73. The highest BCUT2D eigenvalue weighted by Gasteiger charge is 2.29. The SMILES string of the molecule is CCC(CC)O[C@H]1C[C@H](NC)C1. The van der Waals surface area contributed by atoms with E-state index < -0.39 is 0 Å². The van der Waals surface area contributed by atoms with Gasteiger partial charge in [-0.25, -0.2) is 0 Å². The van der Waals surface area contributed by atoms with Crippen LogP contribution in [0.2, 0.25) is 0 Å². The van der Waals surface area contributed by atoms with Crippen molar-refractivity contribution in [2.75, 3.05) is 7.05 Å². The Bertz CT molecular complexity index is 117. The topological polar surface area (TPSA) is 21.3 Å². The minimum Gasteiger partial charge on any atom is -0.375 e. The quantitative estimate of drug-likeness (QED) is 0.682. The number of rotatable bonds is 5. The summed E-state index contributed by atoms with van der Waals surface area (Å²) in [6, 6.07) is 0.712. The van der Waals surface area contributed by atoms with Gasteiger partial charge in [0.2, 0.25) is 0 Å². The lowest BCUT2D eigenvalue weighted by Crippen LogP contribution is -2.45. The summed E-state index contributed by atoms with van der Waals surface area (Å²) in [6.45, 7) is 4.39. The van der Waals surface area contributed by atoms with Gasteiger partial charge >= 0.3 is 0 Å². The predicted octanol–water partition coefficient (Wildman–Crippen LogP) is 1.94. The third-order valence-electron chi connectivity index (χ3n) is 2.80. The smallest absolute Gasteiger partial charge is 0.0608 e. The highest BCUT2D eigenvalue weighted by atomic mass is 16.5. The van der Waals surface area contributed by atoms with Crippen molar-refractivity contribution in [1.82, 2.24) is 5.32 Å². The molecule has 2 nitrogen and oxygen atoms in total. The van der Waals surface area contributed by atoms with E-state index in [0.717, 1.165) is 12.8 Å². The van der Waals surface area contributed by atoms with Gasteiger partial charge < -0.3 is 10.1 Å². The average molecular weight is 171 g/mol. The molecule has 1 rings (SSSR count). The molecule has 0 atom stereocenters. The summed E-state index contributed by atoms with van der Waals surface area (Å²) < 4.78 is 5.88. The molecule has 1 fully saturated rings. The summed E-state index contributed by atoms with van der Waals surface area (Å²) in [5, 5.41) is 3.26. The Morgan fingerprint density at radius 3 is 2.33 bits per heavy atom. The van der Waals surface area contributed by atoms with Crippen LogP contribution in [0.4, 0.5) is 0 Å². The number of hydrogen-bond donors (Lipinski definition) is 1. The van der Waals surface area contributed by atoms with Crippen molar-refractivity contribution < 1.29 is 4.74 Å². The Labute approximate surface area is 75.7 Å². The summed E-state index contributed by atoms with van der Waals surface area (Å²) in [5.74, 6) is 0. The highest BCUT2D eigenvalue weighted by Crippen LogP contribution is 2.25. The Morgan fingerprint density at radius 2 is 1.92 bits per heavy atom. The van der Waals surface area contributed by atoms with Gasteiger partial charge in [-0.1, -0.05) is 13.8 Å². The minimum absolute atomic E-state index is 0.493. The normalized spacial score (nSPS) is 29.0. The van der Waals surface area contributed by atoms with Crippen molar-refractivity contribution in [1.29, 1.82) is 0 Å². The molecular formula is C10H21NO. The van der Waals surface area contributed by atoms with Crippen LogP contribution in [0.25, 0.3) is 0 Å². The standard InChI is InChI=1S/C10H21NO/c1-4-9(5-2)12-10-6-8(7-10)11-3/h8-11H,4-7H2,1-3H3/t8-,10-. The second kappa shape index (κ2) is 4.83. The number of nitrogens with one attached hydrogen (secondary N) is 1. The Kier molecular flexibility index (Phi) is 4.02. The fourth-order valence-electron chi connectivity index (χ4n) is 1.67. The third kappa shape index (κ3) is 2.46. The van der Waals surface area contributed by atoms with E-state index in [0.29, 0.717) is 18.2 Å². The van der Waals surface area contributed by atoms with Gasteiger partial charge in [0.05, 0.1) is 12.2 Å². The molecular weight excluding hydrogens is 150 g/mol. The van der Waals surface area contributed by atoms with E-state index in [9.17, 15) is 0 Å². The van der Waals surface area contributed by atoms with Crippen molar-refractivity contribution in [2.45, 2.75) is 57.8 Å². The highest BCUT2D eigenvalue weighted by molar-refractivity contribution is 4.85. The third-order valence-corrected chi connectivity index (χ3v) is 2.80. The average Bonchev–Trinajstić information content (AvgIpc) is 2.03. The number of hydrogen-bond acceptors (Lipinski definition) is 2. The van der Waals surface area contributed by atoms with Gasteiger partial charge in [-0.05, 0) is 32.7 Å². The van der Waals surface area contributed by atoms with Crippen LogP contribution in [0.15, 0.2) is 0 Å². The lowest BCUT2D eigenvalue weighted by Gasteiger charge is -2.37. The Balaban J connectivity index is 2.09. The first kappa shape index (κ1) is 10.0. The zero-order valence-electron chi connectivity index (χ0n) is 8.47. The molecule has 0 aromatic heterocycles. The molecule has 0 amide bonds. The van der Waals surface area contributed by atoms with E-state index in [4.69, 9.17) is 4.74 Å². The Hall–Kier alpha value is -0.0800. The van der Waals surface area contributed by atoms with E-state index >= 15 is 0 Å². The van der Waals surface area contributed by atoms with Crippen LogP contribution in [-0.4, -0.2) is 25.3 Å². The van der Waals surface area contributed by atoms with E-state index in [-0.39, 0.29) is 0 Å². The molecule has 0 aromatic rings. The first-order valence-electron chi connectivity index (χ1n) is 5.12. The minimum atomic E-state index is 0.493. The molecule has 2 heteroatoms. The van der Waals surface area contributed by atoms with Crippen molar-refractivity contribution in [2.24, 2.45) is 0 Å². The molecule has 0 aromatic carbocycles. The molecule has 0 unspecified atom stereocenters. The molecule has 1 N–H and O–H groups in total. The molecule has 0 radical (unpaired) electrons. The van der Waals surface area contributed by atoms with Crippen LogP contribution in [0.5, 0.6) is 0 Å². The van der Waals surface area contributed by atoms with Gasteiger partial charge in [0.25, 0.3) is 0 Å². The summed E-state index contributed by atoms with van der Waals surface area (Å²) in [7, 11) is 2.03. The predicted molar refractivity (Wildman–Crippen MR) is 51.3 cm³/mol. The van der Waals surface area contributed by atoms with Crippen LogP contribution in [-0.2, 0) is 4.74 Å². The van der Waals surface area contributed by atoms with Crippen LogP contribution in [0.1, 0.15) is 39.5 Å². The van der Waals surface area contributed by atoms with Gasteiger partial charge in [-0.2, -0.15) is 0 Å². The second-order valence-electron chi connectivity index (χ2n) is 3.65. The van der Waals surface area contributed by atoms with Crippen LogP contribution < -0.4 is 5.32 Å². The van der Waals surface area contributed by atoms with Crippen LogP contribution in [0.3, 0.4) is 0 Å². The largest absolute Gasteiger partial charge is 0.375 e. The van der Waals surface area contributed by atoms with Gasteiger partial charge in [0.1, 0.15) is 0 Å². The summed E-state index contributed by atoms with van der Waals surface area (Å²) in [5.41, 5.74) is 0. The fourth-order valence-corrected chi connectivity index (χ4v) is 1.67. The van der Waals surface area contributed by atoms with Gasteiger partial charge in [0.15, 0.2) is 0 Å². The maximum Gasteiger partial charge on any atom is 0.0608 e. The van der Waals surface area contributed by atoms with Crippen LogP contribution in [0, 0.1) is 0 Å². The first-order valence-corrected chi connectivity index (χ1v) is 5.12. The molecule has 1 aliphatic rings. The van der Waals surface area contributed by atoms with E-state index in [1.807, 2.05) is 7.05 Å². The molecule has 0 spiro atoms. The Morgan fingerprint density at radius 1 is 1.33 bits per heavy atom. The number of ether oxygens (including phenoxy) is 1. The molecule has 0 saturated heterocycles. The van der Waals surface area contributed by atoms with Crippen molar-refractivity contribution in [3.05, 3.63) is 0 Å². The van der Waals surface area contributed by atoms with Crippen molar-refractivity contribution in [3.8, 4) is 0 Å². The van der Waals surface area contributed by atoms with Gasteiger partial charge in [-0.15, -0.1) is 0 Å². The van der Waals surface area contributed by atoms with Crippen molar-refractivity contribution in [3.63, 3.8) is 0 Å². The van der Waals surface area contributed by atoms with Gasteiger partial charge in [-0.3, -0.25) is 0 Å². The zero-order chi connectivity index (χ0) is 8.97. The zero-order valence-corrected chi connectivity index (χ0v) is 8.47. The maximum atomic E-state index is 5.88. The first-order chi connectivity index (χ1) is 5.80. The monoisotopic (exact) mass is 171 g/mol. The molecule has 1 aliphatic carbocycles. The second-order valence-corrected chi connectivity index (χ2v) is 3.65. The molecule has 1 saturated carbocycles. The molecule has 0 aliphatic heterocycles. The maximum absolute atomic E-state index is 5.88. The molecule has 72 valence electrons. The van der Waals surface area contributed by atoms with Gasteiger partial charge in [0, 0.05) is 6.04 Å². The lowest BCUT2D eigenvalue weighted by molar-refractivity contribution is -0.0656.